The van der Waals surface area contributed by atoms with E-state index in [0.717, 1.165) is 11.8 Å². The molecule has 22 heavy (non-hydrogen) atoms. The van der Waals surface area contributed by atoms with Crippen LogP contribution in [0.3, 0.4) is 0 Å². The molecule has 1 atom stereocenters. The molecule has 1 aromatic heterocycles. The van der Waals surface area contributed by atoms with Crippen molar-refractivity contribution in [1.82, 2.24) is 4.98 Å². The highest BCUT2D eigenvalue weighted by molar-refractivity contribution is 5.38. The van der Waals surface area contributed by atoms with Crippen molar-refractivity contribution in [3.8, 4) is 5.75 Å². The lowest BCUT2D eigenvalue weighted by Gasteiger charge is -2.17. The van der Waals surface area contributed by atoms with Gasteiger partial charge < -0.3 is 14.8 Å². The first-order valence-corrected chi connectivity index (χ1v) is 6.51. The minimum absolute atomic E-state index is 0.186. The molecular weight excluding hydrogens is 297 g/mol. The predicted molar refractivity (Wildman–Crippen MR) is 75.6 cm³/mol. The van der Waals surface area contributed by atoms with E-state index in [1.165, 1.54) is 12.1 Å². The Hall–Kier alpha value is -2.28. The van der Waals surface area contributed by atoms with E-state index in [1.54, 1.807) is 7.11 Å². The molecule has 0 saturated carbocycles. The summed E-state index contributed by atoms with van der Waals surface area (Å²) < 4.78 is 45.3. The van der Waals surface area contributed by atoms with E-state index in [1.807, 2.05) is 30.3 Å². The van der Waals surface area contributed by atoms with Crippen molar-refractivity contribution in [2.75, 3.05) is 19.0 Å². The van der Waals surface area contributed by atoms with Crippen molar-refractivity contribution in [1.29, 1.82) is 0 Å². The van der Waals surface area contributed by atoms with Gasteiger partial charge in [0, 0.05) is 13.7 Å². The second kappa shape index (κ2) is 7.13. The summed E-state index contributed by atoms with van der Waals surface area (Å²) >= 11 is 0. The fourth-order valence-electron chi connectivity index (χ4n) is 1.88. The lowest BCUT2D eigenvalue weighted by molar-refractivity contribution is -0.274. The van der Waals surface area contributed by atoms with Crippen LogP contribution in [0.4, 0.5) is 19.0 Å². The highest BCUT2D eigenvalue weighted by atomic mass is 19.4. The molecule has 1 unspecified atom stereocenters. The van der Waals surface area contributed by atoms with Gasteiger partial charge in [-0.05, 0) is 17.7 Å². The monoisotopic (exact) mass is 312 g/mol. The number of nitrogens with one attached hydrogen (secondary N) is 1. The Morgan fingerprint density at radius 1 is 1.14 bits per heavy atom. The molecule has 0 fully saturated rings. The maximum atomic E-state index is 12.0. The summed E-state index contributed by atoms with van der Waals surface area (Å²) in [5, 5.41) is 3.01. The number of hydrogen-bond acceptors (Lipinski definition) is 4. The van der Waals surface area contributed by atoms with Gasteiger partial charge in [-0.25, -0.2) is 4.98 Å². The molecule has 0 aliphatic carbocycles. The Kier molecular flexibility index (Phi) is 5.21. The number of hydrogen-bond donors (Lipinski definition) is 1. The quantitative estimate of drug-likeness (QED) is 0.881. The van der Waals surface area contributed by atoms with Gasteiger partial charge in [0.2, 0.25) is 0 Å². The standard InChI is InChI=1S/C15H15F3N2O2/c1-21-13(11-5-3-2-4-6-11)10-20-14-8-7-12(9-19-14)22-15(16,17)18/h2-9,13H,10H2,1H3,(H,19,20). The Morgan fingerprint density at radius 2 is 1.86 bits per heavy atom. The van der Waals surface area contributed by atoms with Crippen LogP contribution in [0.5, 0.6) is 5.75 Å². The summed E-state index contributed by atoms with van der Waals surface area (Å²) in [4.78, 5) is 3.87. The minimum Gasteiger partial charge on any atom is -0.404 e. The molecule has 118 valence electrons. The maximum Gasteiger partial charge on any atom is 0.573 e. The van der Waals surface area contributed by atoms with Crippen LogP contribution in [0.25, 0.3) is 0 Å². The molecule has 1 aromatic carbocycles. The van der Waals surface area contributed by atoms with Crippen LogP contribution in [0, 0.1) is 0 Å². The third kappa shape index (κ3) is 4.92. The Labute approximate surface area is 125 Å². The molecule has 1 heterocycles. The first-order chi connectivity index (χ1) is 10.5. The number of pyridine rings is 1. The largest absolute Gasteiger partial charge is 0.573 e. The van der Waals surface area contributed by atoms with Crippen molar-refractivity contribution in [2.24, 2.45) is 0 Å². The SMILES string of the molecule is COC(CNc1ccc(OC(F)(F)F)cn1)c1ccccc1. The fourth-order valence-corrected chi connectivity index (χ4v) is 1.88. The van der Waals surface area contributed by atoms with Gasteiger partial charge in [0.15, 0.2) is 0 Å². The number of anilines is 1. The first kappa shape index (κ1) is 16.1. The zero-order valence-electron chi connectivity index (χ0n) is 11.8. The van der Waals surface area contributed by atoms with E-state index in [9.17, 15) is 13.2 Å². The number of rotatable bonds is 6. The number of methoxy groups -OCH3 is 1. The van der Waals surface area contributed by atoms with Crippen LogP contribution < -0.4 is 10.1 Å². The molecule has 0 aliphatic heterocycles. The molecule has 0 bridgehead atoms. The molecule has 2 rings (SSSR count). The van der Waals surface area contributed by atoms with Crippen LogP contribution in [-0.2, 0) is 4.74 Å². The van der Waals surface area contributed by atoms with Gasteiger partial charge in [-0.3, -0.25) is 0 Å². The van der Waals surface area contributed by atoms with Crippen molar-refractivity contribution in [2.45, 2.75) is 12.5 Å². The normalized spacial score (nSPS) is 12.7. The Morgan fingerprint density at radius 3 is 2.41 bits per heavy atom. The summed E-state index contributed by atoms with van der Waals surface area (Å²) in [5.41, 5.74) is 0.995. The van der Waals surface area contributed by atoms with Crippen LogP contribution >= 0.6 is 0 Å². The highest BCUT2D eigenvalue weighted by Crippen LogP contribution is 2.23. The van der Waals surface area contributed by atoms with E-state index in [-0.39, 0.29) is 11.9 Å². The molecule has 2 aromatic rings. The molecule has 0 aliphatic rings. The van der Waals surface area contributed by atoms with Crippen LogP contribution in [0.15, 0.2) is 48.7 Å². The molecule has 4 nitrogen and oxygen atoms in total. The van der Waals surface area contributed by atoms with E-state index in [2.05, 4.69) is 15.0 Å². The topological polar surface area (TPSA) is 43.4 Å². The fraction of sp³-hybridized carbons (Fsp3) is 0.267. The number of halogens is 3. The zero-order valence-corrected chi connectivity index (χ0v) is 11.8. The average Bonchev–Trinajstić information content (AvgIpc) is 2.49. The van der Waals surface area contributed by atoms with Crippen LogP contribution in [0.2, 0.25) is 0 Å². The Bertz CT molecular complexity index is 574. The van der Waals surface area contributed by atoms with Gasteiger partial charge in [-0.2, -0.15) is 0 Å². The lowest BCUT2D eigenvalue weighted by Crippen LogP contribution is -2.17. The highest BCUT2D eigenvalue weighted by Gasteiger charge is 2.31. The average molecular weight is 312 g/mol. The maximum absolute atomic E-state index is 12.0. The molecule has 0 amide bonds. The van der Waals surface area contributed by atoms with Gasteiger partial charge in [0.05, 0.1) is 12.3 Å². The van der Waals surface area contributed by atoms with Crippen LogP contribution in [0.1, 0.15) is 11.7 Å². The van der Waals surface area contributed by atoms with Crippen molar-refractivity contribution >= 4 is 5.82 Å². The number of ether oxygens (including phenoxy) is 2. The molecule has 0 radical (unpaired) electrons. The van der Waals surface area contributed by atoms with Crippen molar-refractivity contribution in [3.05, 3.63) is 54.2 Å². The zero-order chi connectivity index (χ0) is 16.0. The number of benzene rings is 1. The molecular formula is C15H15F3N2O2. The molecule has 0 spiro atoms. The molecule has 7 heteroatoms. The summed E-state index contributed by atoms with van der Waals surface area (Å²) in [6, 6.07) is 12.2. The van der Waals surface area contributed by atoms with Gasteiger partial charge in [-0.15, -0.1) is 13.2 Å². The number of alkyl halides is 3. The van der Waals surface area contributed by atoms with Gasteiger partial charge in [0.1, 0.15) is 11.6 Å². The van der Waals surface area contributed by atoms with Gasteiger partial charge >= 0.3 is 6.36 Å². The third-order valence-corrected chi connectivity index (χ3v) is 2.89. The predicted octanol–water partition coefficient (Wildman–Crippen LogP) is 3.78. The molecule has 1 N–H and O–H groups in total. The summed E-state index contributed by atoms with van der Waals surface area (Å²) in [5.74, 6) is 0.0805. The van der Waals surface area contributed by atoms with Crippen molar-refractivity contribution in [3.63, 3.8) is 0 Å². The summed E-state index contributed by atoms with van der Waals surface area (Å²) in [6.07, 6.45) is -3.89. The minimum atomic E-state index is -4.72. The third-order valence-electron chi connectivity index (χ3n) is 2.89. The summed E-state index contributed by atoms with van der Waals surface area (Å²) in [6.45, 7) is 0.437. The number of aromatic nitrogens is 1. The molecule has 0 saturated heterocycles. The second-order valence-electron chi connectivity index (χ2n) is 4.44. The van der Waals surface area contributed by atoms with E-state index < -0.39 is 6.36 Å². The lowest BCUT2D eigenvalue weighted by atomic mass is 10.1. The smallest absolute Gasteiger partial charge is 0.404 e. The van der Waals surface area contributed by atoms with E-state index in [4.69, 9.17) is 4.74 Å². The first-order valence-electron chi connectivity index (χ1n) is 6.51. The van der Waals surface area contributed by atoms with Crippen LogP contribution in [-0.4, -0.2) is 25.0 Å². The second-order valence-corrected chi connectivity index (χ2v) is 4.44. The van der Waals surface area contributed by atoms with Gasteiger partial charge in [0.25, 0.3) is 0 Å². The van der Waals surface area contributed by atoms with E-state index in [0.29, 0.717) is 12.4 Å². The number of nitrogens with zero attached hydrogens (tertiary/aromatic N) is 1. The Balaban J connectivity index is 1.93. The summed E-state index contributed by atoms with van der Waals surface area (Å²) in [7, 11) is 1.59. The van der Waals surface area contributed by atoms with E-state index >= 15 is 0 Å². The van der Waals surface area contributed by atoms with Gasteiger partial charge in [-0.1, -0.05) is 30.3 Å². The van der Waals surface area contributed by atoms with Crippen molar-refractivity contribution < 1.29 is 22.6 Å².